The summed E-state index contributed by atoms with van der Waals surface area (Å²) in [7, 11) is 0. The van der Waals surface area contributed by atoms with Gasteiger partial charge in [0.05, 0.1) is 11.4 Å². The minimum atomic E-state index is 0.768. The molecule has 0 aliphatic heterocycles. The molecule has 1 rings (SSSR count). The third-order valence-corrected chi connectivity index (χ3v) is 1.73. The van der Waals surface area contributed by atoms with Gasteiger partial charge in [-0.25, -0.2) is 0 Å². The highest BCUT2D eigenvalue weighted by Gasteiger charge is 1.92. The number of halogens is 1. The van der Waals surface area contributed by atoms with Crippen molar-refractivity contribution in [1.82, 2.24) is 9.97 Å². The van der Waals surface area contributed by atoms with E-state index in [9.17, 15) is 0 Å². The molecule has 0 amide bonds. The quantitative estimate of drug-likeness (QED) is 0.681. The number of hydrogen-bond acceptors (Lipinski definition) is 2. The molecule has 0 unspecified atom stereocenters. The normalized spacial score (nSPS) is 9.80. The van der Waals surface area contributed by atoms with Gasteiger partial charge in [0, 0.05) is 24.1 Å². The van der Waals surface area contributed by atoms with Crippen LogP contribution in [0.2, 0.25) is 0 Å². The van der Waals surface area contributed by atoms with Crippen molar-refractivity contribution >= 4 is 15.9 Å². The molecule has 0 aromatic carbocycles. The van der Waals surface area contributed by atoms with Gasteiger partial charge in [-0.15, -0.1) is 0 Å². The zero-order valence-electron chi connectivity index (χ0n) is 5.71. The van der Waals surface area contributed by atoms with E-state index in [2.05, 4.69) is 25.9 Å². The van der Waals surface area contributed by atoms with Crippen LogP contribution < -0.4 is 0 Å². The molecule has 0 bridgehead atoms. The van der Waals surface area contributed by atoms with E-state index in [0.717, 1.165) is 16.7 Å². The molecular weight excluding hydrogens is 192 g/mol. The van der Waals surface area contributed by atoms with Gasteiger partial charge in [-0.1, -0.05) is 22.9 Å². The van der Waals surface area contributed by atoms with E-state index in [1.54, 1.807) is 12.4 Å². The summed E-state index contributed by atoms with van der Waals surface area (Å²) < 4.78 is 0. The lowest BCUT2D eigenvalue weighted by Gasteiger charge is -1.94. The lowest BCUT2D eigenvalue weighted by Crippen LogP contribution is -1.90. The van der Waals surface area contributed by atoms with Gasteiger partial charge < -0.3 is 0 Å². The highest BCUT2D eigenvalue weighted by molar-refractivity contribution is 9.08. The zero-order chi connectivity index (χ0) is 7.40. The number of nitrogens with zero attached hydrogens (tertiary/aromatic N) is 2. The predicted molar refractivity (Wildman–Crippen MR) is 43.7 cm³/mol. The Morgan fingerprint density at radius 1 is 1.50 bits per heavy atom. The Morgan fingerprint density at radius 3 is 2.70 bits per heavy atom. The van der Waals surface area contributed by atoms with Crippen LogP contribution >= 0.6 is 15.9 Å². The lowest BCUT2D eigenvalue weighted by molar-refractivity contribution is 1.06. The molecule has 0 aliphatic carbocycles. The molecule has 10 heavy (non-hydrogen) atoms. The van der Waals surface area contributed by atoms with E-state index in [4.69, 9.17) is 0 Å². The Kier molecular flexibility index (Phi) is 2.81. The van der Waals surface area contributed by atoms with Crippen LogP contribution in [0.3, 0.4) is 0 Å². The molecule has 53 valence electrons. The van der Waals surface area contributed by atoms with Crippen molar-refractivity contribution in [2.75, 3.05) is 0 Å². The smallest absolute Gasteiger partial charge is 0.0692 e. The Balaban J connectivity index is 2.80. The molecule has 3 heteroatoms. The van der Waals surface area contributed by atoms with Gasteiger partial charge in [0.1, 0.15) is 0 Å². The summed E-state index contributed by atoms with van der Waals surface area (Å²) in [5.74, 6) is 0. The first-order chi connectivity index (χ1) is 4.86. The topological polar surface area (TPSA) is 25.8 Å². The summed E-state index contributed by atoms with van der Waals surface area (Å²) in [6.07, 6.45) is 5.45. The number of rotatable bonds is 2. The summed E-state index contributed by atoms with van der Waals surface area (Å²) in [5, 5.41) is 0.768. The Labute approximate surface area is 68.8 Å². The standard InChI is InChI=1S/C7H8BrN2/c1-2-6-4-10-7(3-8)5-9-6/h2,4-5H,3H2,1H3. The molecule has 0 aliphatic rings. The van der Waals surface area contributed by atoms with Crippen LogP contribution in [0.15, 0.2) is 12.4 Å². The highest BCUT2D eigenvalue weighted by Crippen LogP contribution is 2.00. The van der Waals surface area contributed by atoms with E-state index in [0.29, 0.717) is 0 Å². The maximum absolute atomic E-state index is 4.13. The van der Waals surface area contributed by atoms with Crippen LogP contribution in [-0.2, 0) is 5.33 Å². The van der Waals surface area contributed by atoms with Crippen LogP contribution in [0.4, 0.5) is 0 Å². The van der Waals surface area contributed by atoms with Crippen molar-refractivity contribution in [3.8, 4) is 0 Å². The maximum atomic E-state index is 4.13. The van der Waals surface area contributed by atoms with Crippen molar-refractivity contribution in [2.45, 2.75) is 12.3 Å². The van der Waals surface area contributed by atoms with Crippen molar-refractivity contribution in [3.63, 3.8) is 0 Å². The molecule has 1 radical (unpaired) electrons. The minimum Gasteiger partial charge on any atom is -0.257 e. The summed E-state index contributed by atoms with van der Waals surface area (Å²) >= 11 is 3.29. The molecule has 0 fully saturated rings. The molecule has 1 heterocycles. The summed E-state index contributed by atoms with van der Waals surface area (Å²) in [6.45, 7) is 1.94. The van der Waals surface area contributed by atoms with Gasteiger partial charge in [0.2, 0.25) is 0 Å². The van der Waals surface area contributed by atoms with E-state index in [1.165, 1.54) is 0 Å². The maximum Gasteiger partial charge on any atom is 0.0692 e. The zero-order valence-corrected chi connectivity index (χ0v) is 7.30. The van der Waals surface area contributed by atoms with Crippen LogP contribution in [0.1, 0.15) is 18.3 Å². The van der Waals surface area contributed by atoms with Crippen LogP contribution in [0.5, 0.6) is 0 Å². The predicted octanol–water partition coefficient (Wildman–Crippen LogP) is 1.94. The van der Waals surface area contributed by atoms with Gasteiger partial charge in [-0.2, -0.15) is 0 Å². The second kappa shape index (κ2) is 3.66. The van der Waals surface area contributed by atoms with Crippen molar-refractivity contribution in [1.29, 1.82) is 0 Å². The molecule has 0 saturated heterocycles. The van der Waals surface area contributed by atoms with Crippen molar-refractivity contribution < 1.29 is 0 Å². The number of aromatic nitrogens is 2. The molecule has 1 aromatic heterocycles. The van der Waals surface area contributed by atoms with Crippen molar-refractivity contribution in [2.24, 2.45) is 0 Å². The Bertz CT molecular complexity index is 172. The third kappa shape index (κ3) is 1.77. The average molecular weight is 200 g/mol. The van der Waals surface area contributed by atoms with Gasteiger partial charge in [-0.05, 0) is 0 Å². The molecule has 0 atom stereocenters. The van der Waals surface area contributed by atoms with E-state index < -0.39 is 0 Å². The van der Waals surface area contributed by atoms with Gasteiger partial charge in [-0.3, -0.25) is 9.97 Å². The van der Waals surface area contributed by atoms with Gasteiger partial charge >= 0.3 is 0 Å². The van der Waals surface area contributed by atoms with E-state index in [-0.39, 0.29) is 0 Å². The number of alkyl halides is 1. The Hall–Kier alpha value is -0.440. The average Bonchev–Trinajstić information content (AvgIpc) is 2.05. The number of hydrogen-bond donors (Lipinski definition) is 0. The minimum absolute atomic E-state index is 0.768. The van der Waals surface area contributed by atoms with Crippen LogP contribution in [0, 0.1) is 6.42 Å². The second-order valence-electron chi connectivity index (χ2n) is 1.85. The summed E-state index contributed by atoms with van der Waals surface area (Å²) in [5.41, 5.74) is 1.88. The molecule has 1 aromatic rings. The fraction of sp³-hybridized carbons (Fsp3) is 0.286. The van der Waals surface area contributed by atoms with Gasteiger partial charge in [0.25, 0.3) is 0 Å². The first-order valence-electron chi connectivity index (χ1n) is 3.03. The van der Waals surface area contributed by atoms with E-state index in [1.807, 2.05) is 13.3 Å². The van der Waals surface area contributed by atoms with E-state index >= 15 is 0 Å². The molecule has 0 spiro atoms. The Morgan fingerprint density at radius 2 is 2.30 bits per heavy atom. The fourth-order valence-corrected chi connectivity index (χ4v) is 0.872. The highest BCUT2D eigenvalue weighted by atomic mass is 79.9. The molecule has 0 N–H and O–H groups in total. The SMILES string of the molecule is C[CH]c1cnc(CBr)cn1. The summed E-state index contributed by atoms with van der Waals surface area (Å²) in [6, 6.07) is 0. The largest absolute Gasteiger partial charge is 0.257 e. The first-order valence-corrected chi connectivity index (χ1v) is 4.15. The van der Waals surface area contributed by atoms with Crippen molar-refractivity contribution in [3.05, 3.63) is 30.2 Å². The molecular formula is C7H8BrN2. The lowest BCUT2D eigenvalue weighted by atomic mass is 10.3. The van der Waals surface area contributed by atoms with Crippen LogP contribution in [0.25, 0.3) is 0 Å². The third-order valence-electron chi connectivity index (χ3n) is 1.16. The summed E-state index contributed by atoms with van der Waals surface area (Å²) in [4.78, 5) is 8.25. The molecule has 0 saturated carbocycles. The first kappa shape index (κ1) is 7.66. The van der Waals surface area contributed by atoms with Crippen LogP contribution in [-0.4, -0.2) is 9.97 Å². The molecule has 2 nitrogen and oxygen atoms in total. The van der Waals surface area contributed by atoms with Gasteiger partial charge in [0.15, 0.2) is 0 Å². The second-order valence-corrected chi connectivity index (χ2v) is 2.42. The monoisotopic (exact) mass is 199 g/mol. The fourth-order valence-electron chi connectivity index (χ4n) is 0.583.